The first-order valence-corrected chi connectivity index (χ1v) is 9.87. The van der Waals surface area contributed by atoms with E-state index in [1.165, 1.54) is 23.3 Å². The van der Waals surface area contributed by atoms with Gasteiger partial charge in [-0.05, 0) is 24.8 Å². The van der Waals surface area contributed by atoms with Crippen LogP contribution in [0, 0.1) is 5.92 Å². The number of methoxy groups -OCH3 is 1. The number of amides is 1. The number of aryl methyl sites for hydroxylation is 1. The smallest absolute Gasteiger partial charge is 0.341 e. The fourth-order valence-corrected chi connectivity index (χ4v) is 5.59. The van der Waals surface area contributed by atoms with Gasteiger partial charge in [0.15, 0.2) is 0 Å². The minimum atomic E-state index is -3.63. The number of nitrogens with zero attached hydrogens (tertiary/aromatic N) is 1. The zero-order chi connectivity index (χ0) is 16.8. The first-order valence-electron chi connectivity index (χ1n) is 7.34. The largest absolute Gasteiger partial charge is 0.465 e. The lowest BCUT2D eigenvalue weighted by Gasteiger charge is -2.16. The average Bonchev–Trinajstić information content (AvgIpc) is 3.09. The molecule has 126 valence electrons. The van der Waals surface area contributed by atoms with Crippen LogP contribution in [0.2, 0.25) is 0 Å². The summed E-state index contributed by atoms with van der Waals surface area (Å²) in [6.45, 7) is 0.263. The Labute approximate surface area is 138 Å². The van der Waals surface area contributed by atoms with E-state index in [9.17, 15) is 18.0 Å². The van der Waals surface area contributed by atoms with E-state index in [-0.39, 0.29) is 30.5 Å². The van der Waals surface area contributed by atoms with Gasteiger partial charge in [0, 0.05) is 23.8 Å². The molecule has 1 aliphatic heterocycles. The number of rotatable bonds is 4. The minimum absolute atomic E-state index is 0.125. The molecule has 0 radical (unpaired) electrons. The van der Waals surface area contributed by atoms with E-state index in [0.717, 1.165) is 29.7 Å². The third-order valence-corrected chi connectivity index (χ3v) is 6.46. The fraction of sp³-hybridized carbons (Fsp3) is 0.571. The Bertz CT molecular complexity index is 768. The first-order chi connectivity index (χ1) is 10.8. The van der Waals surface area contributed by atoms with Gasteiger partial charge in [0.05, 0.1) is 18.4 Å². The Morgan fingerprint density at radius 3 is 2.83 bits per heavy atom. The molecule has 1 fully saturated rings. The van der Waals surface area contributed by atoms with E-state index in [1.54, 1.807) is 0 Å². The van der Waals surface area contributed by atoms with E-state index in [1.807, 2.05) is 0 Å². The molecule has 0 bridgehead atoms. The Balaban J connectivity index is 1.93. The van der Waals surface area contributed by atoms with Crippen LogP contribution in [-0.4, -0.2) is 39.7 Å². The van der Waals surface area contributed by atoms with Gasteiger partial charge in [-0.2, -0.15) is 0 Å². The number of thiophene rings is 1. The number of sulfonamides is 1. The van der Waals surface area contributed by atoms with Crippen molar-refractivity contribution in [2.75, 3.05) is 24.3 Å². The normalized spacial score (nSPS) is 20.9. The average molecular weight is 358 g/mol. The summed E-state index contributed by atoms with van der Waals surface area (Å²) < 4.78 is 27.4. The highest BCUT2D eigenvalue weighted by Crippen LogP contribution is 2.43. The van der Waals surface area contributed by atoms with Crippen LogP contribution in [0.1, 0.15) is 33.6 Å². The Hall–Kier alpha value is -1.45. The summed E-state index contributed by atoms with van der Waals surface area (Å²) in [5.74, 6) is -1.20. The number of anilines is 1. The molecule has 0 spiro atoms. The van der Waals surface area contributed by atoms with Crippen LogP contribution in [-0.2, 0) is 32.4 Å². The topological polar surface area (TPSA) is 107 Å². The lowest BCUT2D eigenvalue weighted by Crippen LogP contribution is -2.28. The highest BCUT2D eigenvalue weighted by atomic mass is 32.2. The van der Waals surface area contributed by atoms with Crippen LogP contribution in [0.4, 0.5) is 5.00 Å². The Morgan fingerprint density at radius 1 is 1.43 bits per heavy atom. The summed E-state index contributed by atoms with van der Waals surface area (Å²) in [7, 11) is -2.31. The number of fused-ring (bicyclic) bond motifs is 1. The zero-order valence-corrected chi connectivity index (χ0v) is 14.3. The molecular weight excluding hydrogens is 340 g/mol. The molecule has 1 atom stereocenters. The van der Waals surface area contributed by atoms with Crippen molar-refractivity contribution in [3.05, 3.63) is 16.0 Å². The van der Waals surface area contributed by atoms with Crippen molar-refractivity contribution in [1.82, 2.24) is 0 Å². The number of hydrogen-bond donors (Lipinski definition) is 1. The van der Waals surface area contributed by atoms with Crippen molar-refractivity contribution in [2.24, 2.45) is 11.1 Å². The van der Waals surface area contributed by atoms with Gasteiger partial charge in [-0.3, -0.25) is 4.79 Å². The molecule has 1 amide bonds. The van der Waals surface area contributed by atoms with Crippen LogP contribution < -0.4 is 10.0 Å². The minimum Gasteiger partial charge on any atom is -0.465 e. The highest BCUT2D eigenvalue weighted by Gasteiger charge is 2.38. The van der Waals surface area contributed by atoms with Crippen molar-refractivity contribution in [3.63, 3.8) is 0 Å². The van der Waals surface area contributed by atoms with Gasteiger partial charge < -0.3 is 9.64 Å². The van der Waals surface area contributed by atoms with E-state index in [2.05, 4.69) is 0 Å². The summed E-state index contributed by atoms with van der Waals surface area (Å²) in [6.07, 6.45) is 2.82. The van der Waals surface area contributed by atoms with Crippen molar-refractivity contribution >= 4 is 38.2 Å². The van der Waals surface area contributed by atoms with Crippen molar-refractivity contribution in [1.29, 1.82) is 0 Å². The molecule has 23 heavy (non-hydrogen) atoms. The molecule has 1 aromatic rings. The molecule has 2 heterocycles. The highest BCUT2D eigenvalue weighted by molar-refractivity contribution is 7.89. The van der Waals surface area contributed by atoms with Crippen LogP contribution in [0.5, 0.6) is 0 Å². The van der Waals surface area contributed by atoms with E-state index in [4.69, 9.17) is 9.88 Å². The first kappa shape index (κ1) is 16.4. The summed E-state index contributed by atoms with van der Waals surface area (Å²) in [6, 6.07) is 0. The predicted molar refractivity (Wildman–Crippen MR) is 86.1 cm³/mol. The van der Waals surface area contributed by atoms with Crippen LogP contribution in [0.15, 0.2) is 0 Å². The number of carbonyl (C=O) groups is 2. The monoisotopic (exact) mass is 358 g/mol. The lowest BCUT2D eigenvalue weighted by atomic mass is 10.1. The molecule has 7 nitrogen and oxygen atoms in total. The van der Waals surface area contributed by atoms with E-state index in [0.29, 0.717) is 10.6 Å². The van der Waals surface area contributed by atoms with Crippen LogP contribution in [0.25, 0.3) is 0 Å². The van der Waals surface area contributed by atoms with E-state index < -0.39 is 16.0 Å². The van der Waals surface area contributed by atoms with Gasteiger partial charge in [0.1, 0.15) is 5.00 Å². The molecule has 1 saturated heterocycles. The van der Waals surface area contributed by atoms with E-state index >= 15 is 0 Å². The van der Waals surface area contributed by atoms with Gasteiger partial charge in [-0.1, -0.05) is 0 Å². The molecule has 0 saturated carbocycles. The van der Waals surface area contributed by atoms with Crippen molar-refractivity contribution in [2.45, 2.75) is 25.7 Å². The van der Waals surface area contributed by atoms with Crippen LogP contribution in [0.3, 0.4) is 0 Å². The molecular formula is C14H18N2O5S2. The molecule has 3 rings (SSSR count). The Morgan fingerprint density at radius 2 is 2.17 bits per heavy atom. The number of carbonyl (C=O) groups excluding carboxylic acids is 2. The summed E-state index contributed by atoms with van der Waals surface area (Å²) >= 11 is 1.44. The van der Waals surface area contributed by atoms with Gasteiger partial charge in [-0.25, -0.2) is 18.4 Å². The number of hydrogen-bond acceptors (Lipinski definition) is 6. The standard InChI is InChI=1S/C14H18N2O5S2/c1-21-14(18)12-9-3-2-4-10(9)22-13(12)16-6-8(5-11(16)17)7-23(15,19)20/h8H,2-7H2,1H3,(H2,15,19,20). The lowest BCUT2D eigenvalue weighted by molar-refractivity contribution is -0.117. The maximum Gasteiger partial charge on any atom is 0.341 e. The molecule has 9 heteroatoms. The molecule has 2 N–H and O–H groups in total. The SMILES string of the molecule is COC(=O)c1c(N2CC(CS(N)(=O)=O)CC2=O)sc2c1CCC2. The summed E-state index contributed by atoms with van der Waals surface area (Å²) in [5, 5.41) is 5.66. The Kier molecular flexibility index (Phi) is 4.19. The maximum absolute atomic E-state index is 12.3. The van der Waals surface area contributed by atoms with Crippen molar-refractivity contribution < 1.29 is 22.7 Å². The summed E-state index contributed by atoms with van der Waals surface area (Å²) in [4.78, 5) is 27.1. The number of ether oxygens (including phenoxy) is 1. The fourth-order valence-electron chi connectivity index (χ4n) is 3.31. The van der Waals surface area contributed by atoms with Gasteiger partial charge in [-0.15, -0.1) is 11.3 Å². The number of nitrogens with two attached hydrogens (primary N) is 1. The third kappa shape index (κ3) is 3.13. The van der Waals surface area contributed by atoms with Crippen molar-refractivity contribution in [3.8, 4) is 0 Å². The summed E-state index contributed by atoms with van der Waals surface area (Å²) in [5.41, 5.74) is 1.44. The predicted octanol–water partition coefficient (Wildman–Crippen LogP) is 0.665. The molecule has 1 aromatic heterocycles. The van der Waals surface area contributed by atoms with Gasteiger partial charge >= 0.3 is 5.97 Å². The van der Waals surface area contributed by atoms with Gasteiger partial charge in [0.2, 0.25) is 15.9 Å². The van der Waals surface area contributed by atoms with Gasteiger partial charge in [0.25, 0.3) is 0 Å². The quantitative estimate of drug-likeness (QED) is 0.796. The maximum atomic E-state index is 12.3. The molecule has 1 aliphatic carbocycles. The number of esters is 1. The number of primary sulfonamides is 1. The second-order valence-corrected chi connectivity index (χ2v) is 8.68. The molecule has 1 unspecified atom stereocenters. The molecule has 2 aliphatic rings. The molecule has 0 aromatic carbocycles. The second-order valence-electron chi connectivity index (χ2n) is 5.93. The third-order valence-electron chi connectivity index (χ3n) is 4.21. The van der Waals surface area contributed by atoms with Crippen LogP contribution >= 0.6 is 11.3 Å². The zero-order valence-electron chi connectivity index (χ0n) is 12.7. The second kappa shape index (κ2) is 5.88.